The zero-order valence-electron chi connectivity index (χ0n) is 18.4. The first-order chi connectivity index (χ1) is 16.4. The molecule has 0 unspecified atom stereocenters. The van der Waals surface area contributed by atoms with Crippen LogP contribution >= 0.6 is 11.6 Å². The quantitative estimate of drug-likeness (QED) is 0.415. The molecule has 14 heteroatoms. The van der Waals surface area contributed by atoms with Crippen LogP contribution in [-0.2, 0) is 25.1 Å². The average molecular weight is 508 g/mol. The number of aromatic nitrogens is 5. The zero-order chi connectivity index (χ0) is 25.5. The molecule has 0 aliphatic heterocycles. The van der Waals surface area contributed by atoms with Gasteiger partial charge in [0, 0.05) is 39.5 Å². The Morgan fingerprint density at radius 1 is 1.20 bits per heavy atom. The molecule has 0 bridgehead atoms. The van der Waals surface area contributed by atoms with E-state index in [0.29, 0.717) is 29.0 Å². The summed E-state index contributed by atoms with van der Waals surface area (Å²) in [6.07, 6.45) is -1.14. The van der Waals surface area contributed by atoms with Gasteiger partial charge in [-0.2, -0.15) is 13.2 Å². The van der Waals surface area contributed by atoms with Crippen LogP contribution in [0, 0.1) is 0 Å². The summed E-state index contributed by atoms with van der Waals surface area (Å²) in [4.78, 5) is 36.1. The predicted octanol–water partition coefficient (Wildman–Crippen LogP) is 4.23. The summed E-state index contributed by atoms with van der Waals surface area (Å²) < 4.78 is 47.6. The Hall–Kier alpha value is -4.13. The van der Waals surface area contributed by atoms with Crippen LogP contribution in [0.2, 0.25) is 5.02 Å². The van der Waals surface area contributed by atoms with Crippen LogP contribution in [0.4, 0.5) is 30.6 Å². The molecule has 0 saturated heterocycles. The topological polar surface area (TPSA) is 116 Å². The number of nitrogens with zero attached hydrogens (tertiary/aromatic N) is 5. The van der Waals surface area contributed by atoms with Crippen molar-refractivity contribution in [3.05, 3.63) is 57.7 Å². The Bertz CT molecular complexity index is 1510. The molecule has 0 aliphatic carbocycles. The Morgan fingerprint density at radius 2 is 1.94 bits per heavy atom. The van der Waals surface area contributed by atoms with Gasteiger partial charge in [-0.15, -0.1) is 0 Å². The smallest absolute Gasteiger partial charge is 0.417 e. The Morgan fingerprint density at radius 3 is 2.63 bits per heavy atom. The molecule has 0 aliphatic rings. The van der Waals surface area contributed by atoms with Crippen molar-refractivity contribution in [1.29, 1.82) is 0 Å². The molecule has 35 heavy (non-hydrogen) atoms. The largest absolute Gasteiger partial charge is 0.437 e. The van der Waals surface area contributed by atoms with Crippen LogP contribution in [0.1, 0.15) is 12.5 Å². The highest BCUT2D eigenvalue weighted by Crippen LogP contribution is 2.35. The number of halogens is 4. The summed E-state index contributed by atoms with van der Waals surface area (Å²) in [7, 11) is 2.78. The van der Waals surface area contributed by atoms with Crippen molar-refractivity contribution in [2.75, 3.05) is 10.6 Å². The van der Waals surface area contributed by atoms with Crippen LogP contribution < -0.4 is 20.9 Å². The summed E-state index contributed by atoms with van der Waals surface area (Å²) in [5.74, 6) is 0.336. The molecule has 4 heterocycles. The summed E-state index contributed by atoms with van der Waals surface area (Å²) in [6, 6.07) is 3.72. The molecule has 0 atom stereocenters. The van der Waals surface area contributed by atoms with Gasteiger partial charge in [-0.1, -0.05) is 11.6 Å². The van der Waals surface area contributed by atoms with Crippen molar-refractivity contribution >= 4 is 46.0 Å². The van der Waals surface area contributed by atoms with Gasteiger partial charge in [0.2, 0.25) is 17.7 Å². The minimum atomic E-state index is -4.64. The molecule has 0 spiro atoms. The molecule has 4 aromatic rings. The minimum absolute atomic E-state index is 0.0173. The number of nitrogens with one attached hydrogen (secondary N) is 2. The molecule has 0 radical (unpaired) electrons. The second-order valence-electron chi connectivity index (χ2n) is 7.45. The van der Waals surface area contributed by atoms with E-state index in [1.807, 2.05) is 0 Å². The number of fused-ring (bicyclic) bond motifs is 1. The maximum absolute atomic E-state index is 13.2. The first-order valence-electron chi connectivity index (χ1n) is 9.91. The van der Waals surface area contributed by atoms with Crippen LogP contribution in [0.5, 0.6) is 11.6 Å². The Balaban J connectivity index is 1.70. The predicted molar refractivity (Wildman–Crippen MR) is 122 cm³/mol. The van der Waals surface area contributed by atoms with E-state index < -0.39 is 17.3 Å². The van der Waals surface area contributed by atoms with Gasteiger partial charge in [-0.25, -0.2) is 15.0 Å². The summed E-state index contributed by atoms with van der Waals surface area (Å²) in [5, 5.41) is 5.25. The highest BCUT2D eigenvalue weighted by molar-refractivity contribution is 6.36. The summed E-state index contributed by atoms with van der Waals surface area (Å²) in [6.45, 7) is 1.34. The highest BCUT2D eigenvalue weighted by Gasteiger charge is 2.32. The fraction of sp³-hybridized carbons (Fsp3) is 0.190. The van der Waals surface area contributed by atoms with E-state index in [2.05, 4.69) is 25.6 Å². The molecule has 4 rings (SSSR count). The van der Waals surface area contributed by atoms with Crippen LogP contribution in [0.25, 0.3) is 11.0 Å². The van der Waals surface area contributed by atoms with Crippen LogP contribution in [0.15, 0.2) is 41.6 Å². The summed E-state index contributed by atoms with van der Waals surface area (Å²) >= 11 is 6.50. The second-order valence-corrected chi connectivity index (χ2v) is 7.82. The van der Waals surface area contributed by atoms with Crippen molar-refractivity contribution in [3.63, 3.8) is 0 Å². The summed E-state index contributed by atoms with van der Waals surface area (Å²) in [5.41, 5.74) is -1.31. The van der Waals surface area contributed by atoms with E-state index in [1.54, 1.807) is 7.05 Å². The lowest BCUT2D eigenvalue weighted by molar-refractivity contribution is -0.138. The van der Waals surface area contributed by atoms with Crippen molar-refractivity contribution in [2.45, 2.75) is 13.1 Å². The fourth-order valence-electron chi connectivity index (χ4n) is 3.24. The molecule has 2 N–H and O–H groups in total. The molecule has 10 nitrogen and oxygen atoms in total. The molecule has 0 saturated carbocycles. The third kappa shape index (κ3) is 4.89. The van der Waals surface area contributed by atoms with Gasteiger partial charge in [-0.05, 0) is 12.1 Å². The number of amides is 1. The maximum atomic E-state index is 13.2. The first kappa shape index (κ1) is 24.0. The van der Waals surface area contributed by atoms with Crippen molar-refractivity contribution in [2.24, 2.45) is 14.1 Å². The number of hydrogen-bond acceptors (Lipinski definition) is 7. The molecule has 0 aromatic carbocycles. The Labute approximate surface area is 200 Å². The average Bonchev–Trinajstić information content (AvgIpc) is 3.08. The van der Waals surface area contributed by atoms with Gasteiger partial charge in [0.25, 0.3) is 5.56 Å². The van der Waals surface area contributed by atoms with Gasteiger partial charge in [-0.3, -0.25) is 9.59 Å². The molecule has 4 aromatic heterocycles. The van der Waals surface area contributed by atoms with E-state index in [-0.39, 0.29) is 34.3 Å². The highest BCUT2D eigenvalue weighted by atomic mass is 35.5. The number of pyridine rings is 3. The molecule has 182 valence electrons. The number of ether oxygens (including phenoxy) is 1. The number of alkyl halides is 3. The van der Waals surface area contributed by atoms with Crippen LogP contribution in [-0.4, -0.2) is 30.0 Å². The van der Waals surface area contributed by atoms with Crippen LogP contribution in [0.3, 0.4) is 0 Å². The molecule has 0 fully saturated rings. The number of carbonyl (C=O) groups excluding carboxylic acids is 1. The minimum Gasteiger partial charge on any atom is -0.437 e. The van der Waals surface area contributed by atoms with Gasteiger partial charge in [0.1, 0.15) is 27.8 Å². The number of carbonyl (C=O) groups is 1. The van der Waals surface area contributed by atoms with Gasteiger partial charge >= 0.3 is 6.18 Å². The van der Waals surface area contributed by atoms with Crippen molar-refractivity contribution in [3.8, 4) is 11.6 Å². The fourth-order valence-corrected chi connectivity index (χ4v) is 3.55. The molecular formula is C21H17ClF3N7O3. The lowest BCUT2D eigenvalue weighted by Crippen LogP contribution is -2.23. The van der Waals surface area contributed by atoms with E-state index in [9.17, 15) is 22.8 Å². The number of aryl methyl sites for hydroxylation is 2. The number of imidazole rings is 1. The third-order valence-electron chi connectivity index (χ3n) is 4.83. The lowest BCUT2D eigenvalue weighted by Gasteiger charge is -2.12. The first-order valence-corrected chi connectivity index (χ1v) is 10.3. The standard InChI is InChI=1S/C21H17ClF3N7O3/c1-10(33)28-15-7-12(4-5-26-15)35-18-16(22)17-14(8-27-18)30-20(32(17)3)29-13-6-11(21(23,24)25)9-31(2)19(13)34/h4-9H,1-3H3,(H,29,30)(H,26,28,33). The second kappa shape index (κ2) is 8.91. The van der Waals surface area contributed by atoms with Gasteiger partial charge in [0.05, 0.1) is 17.3 Å². The lowest BCUT2D eigenvalue weighted by atomic mass is 10.2. The van der Waals surface area contributed by atoms with Crippen molar-refractivity contribution < 1.29 is 22.7 Å². The SMILES string of the molecule is CC(=O)Nc1cc(Oc2ncc3nc(Nc4cc(C(F)(F)F)cn(C)c4=O)n(C)c3c2Cl)ccn1. The number of hydrogen-bond donors (Lipinski definition) is 2. The molecule has 1 amide bonds. The van der Waals surface area contributed by atoms with Gasteiger partial charge < -0.3 is 24.5 Å². The third-order valence-corrected chi connectivity index (χ3v) is 5.17. The monoisotopic (exact) mass is 507 g/mol. The zero-order valence-corrected chi connectivity index (χ0v) is 19.2. The number of rotatable bonds is 5. The van der Waals surface area contributed by atoms with Gasteiger partial charge in [0.15, 0.2) is 0 Å². The Kier molecular flexibility index (Phi) is 6.11. The molecular weight excluding hydrogens is 491 g/mol. The maximum Gasteiger partial charge on any atom is 0.417 e. The number of anilines is 3. The van der Waals surface area contributed by atoms with E-state index in [0.717, 1.165) is 4.57 Å². The van der Waals surface area contributed by atoms with E-state index >= 15 is 0 Å². The van der Waals surface area contributed by atoms with E-state index in [4.69, 9.17) is 16.3 Å². The van der Waals surface area contributed by atoms with E-state index in [1.165, 1.54) is 43.1 Å². The normalized spacial score (nSPS) is 11.5. The van der Waals surface area contributed by atoms with Crippen molar-refractivity contribution in [1.82, 2.24) is 24.1 Å².